The molecule has 0 aromatic heterocycles. The molecule has 0 radical (unpaired) electrons. The lowest BCUT2D eigenvalue weighted by molar-refractivity contribution is 0.351. The van der Waals surface area contributed by atoms with E-state index in [4.69, 9.17) is 10.5 Å². The minimum atomic E-state index is -1.12. The summed E-state index contributed by atoms with van der Waals surface area (Å²) in [4.78, 5) is 0. The van der Waals surface area contributed by atoms with Gasteiger partial charge in [0.05, 0.1) is 7.11 Å². The predicted octanol–water partition coefficient (Wildman–Crippen LogP) is 2.43. The highest BCUT2D eigenvalue weighted by atomic mass is 79.9. The van der Waals surface area contributed by atoms with Gasteiger partial charge >= 0.3 is 0 Å². The van der Waals surface area contributed by atoms with Crippen LogP contribution in [0.15, 0.2) is 22.7 Å². The van der Waals surface area contributed by atoms with E-state index in [9.17, 15) is 4.39 Å². The second-order valence-electron chi connectivity index (χ2n) is 2.59. The largest absolute Gasteiger partial charge is 0.497 e. The summed E-state index contributed by atoms with van der Waals surface area (Å²) in [6.45, 7) is -0.00900. The Bertz CT molecular complexity index is 293. The zero-order valence-corrected chi connectivity index (χ0v) is 8.84. The van der Waals surface area contributed by atoms with Gasteiger partial charge in [-0.15, -0.1) is 0 Å². The van der Waals surface area contributed by atoms with E-state index in [0.29, 0.717) is 15.8 Å². The quantitative estimate of drug-likeness (QED) is 0.891. The van der Waals surface area contributed by atoms with Gasteiger partial charge in [0.25, 0.3) is 0 Å². The molecule has 1 aromatic carbocycles. The second kappa shape index (κ2) is 4.58. The summed E-state index contributed by atoms with van der Waals surface area (Å²) in [6, 6.07) is 5.10. The number of alkyl halides is 1. The minimum Gasteiger partial charge on any atom is -0.497 e. The third-order valence-electron chi connectivity index (χ3n) is 1.75. The fourth-order valence-electron chi connectivity index (χ4n) is 1.02. The van der Waals surface area contributed by atoms with Crippen LogP contribution in [0.3, 0.4) is 0 Å². The normalized spacial score (nSPS) is 12.6. The lowest BCUT2D eigenvalue weighted by Crippen LogP contribution is -2.08. The number of nitrogens with two attached hydrogens (primary N) is 1. The number of rotatable bonds is 3. The highest BCUT2D eigenvalue weighted by molar-refractivity contribution is 9.10. The van der Waals surface area contributed by atoms with Crippen molar-refractivity contribution in [2.75, 3.05) is 13.7 Å². The first kappa shape index (κ1) is 10.5. The summed E-state index contributed by atoms with van der Waals surface area (Å²) < 4.78 is 18.8. The van der Waals surface area contributed by atoms with Crippen molar-refractivity contribution in [3.63, 3.8) is 0 Å². The summed E-state index contributed by atoms with van der Waals surface area (Å²) >= 11 is 3.25. The molecule has 0 amide bonds. The third kappa shape index (κ3) is 2.42. The maximum atomic E-state index is 13.2. The number of ether oxygens (including phenoxy) is 1. The van der Waals surface area contributed by atoms with Crippen LogP contribution in [0.2, 0.25) is 0 Å². The molecule has 0 aliphatic rings. The van der Waals surface area contributed by atoms with Crippen LogP contribution in [-0.2, 0) is 0 Å². The molecule has 0 spiro atoms. The van der Waals surface area contributed by atoms with Gasteiger partial charge in [0, 0.05) is 16.6 Å². The average Bonchev–Trinajstić information content (AvgIpc) is 2.16. The number of methoxy groups -OCH3 is 1. The molecule has 4 heteroatoms. The molecule has 0 saturated carbocycles. The van der Waals surface area contributed by atoms with Gasteiger partial charge in [-0.2, -0.15) is 0 Å². The molecule has 0 bridgehead atoms. The molecule has 2 nitrogen and oxygen atoms in total. The highest BCUT2D eigenvalue weighted by Crippen LogP contribution is 2.28. The monoisotopic (exact) mass is 247 g/mol. The molecule has 0 aliphatic heterocycles. The van der Waals surface area contributed by atoms with E-state index in [0.717, 1.165) is 0 Å². The molecule has 0 fully saturated rings. The molecule has 72 valence electrons. The smallest absolute Gasteiger partial charge is 0.138 e. The maximum Gasteiger partial charge on any atom is 0.138 e. The van der Waals surface area contributed by atoms with Crippen LogP contribution in [0.1, 0.15) is 11.7 Å². The Hall–Kier alpha value is -0.610. The predicted molar refractivity (Wildman–Crippen MR) is 53.6 cm³/mol. The molecule has 0 heterocycles. The van der Waals surface area contributed by atoms with Crippen LogP contribution >= 0.6 is 15.9 Å². The van der Waals surface area contributed by atoms with Crippen molar-refractivity contribution >= 4 is 15.9 Å². The molecule has 0 saturated heterocycles. The lowest BCUT2D eigenvalue weighted by atomic mass is 10.1. The third-order valence-corrected chi connectivity index (χ3v) is 2.44. The Kier molecular flexibility index (Phi) is 3.69. The molecule has 2 N–H and O–H groups in total. The first-order valence-electron chi connectivity index (χ1n) is 3.86. The first-order chi connectivity index (χ1) is 6.19. The van der Waals surface area contributed by atoms with Gasteiger partial charge in [0.2, 0.25) is 0 Å². The average molecular weight is 248 g/mol. The van der Waals surface area contributed by atoms with Gasteiger partial charge in [-0.3, -0.25) is 0 Å². The summed E-state index contributed by atoms with van der Waals surface area (Å²) in [6.07, 6.45) is -1.12. The second-order valence-corrected chi connectivity index (χ2v) is 3.45. The highest BCUT2D eigenvalue weighted by Gasteiger charge is 2.11. The van der Waals surface area contributed by atoms with Crippen molar-refractivity contribution in [2.24, 2.45) is 5.73 Å². The number of hydrogen-bond acceptors (Lipinski definition) is 2. The van der Waals surface area contributed by atoms with Gasteiger partial charge in [-0.05, 0) is 12.1 Å². The van der Waals surface area contributed by atoms with E-state index in [2.05, 4.69) is 15.9 Å². The Labute approximate surface area is 85.0 Å². The summed E-state index contributed by atoms with van der Waals surface area (Å²) in [5, 5.41) is 0. The van der Waals surface area contributed by atoms with Gasteiger partial charge in [-0.1, -0.05) is 22.0 Å². The Morgan fingerprint density at radius 3 is 2.77 bits per heavy atom. The first-order valence-corrected chi connectivity index (χ1v) is 4.66. The van der Waals surface area contributed by atoms with E-state index >= 15 is 0 Å². The van der Waals surface area contributed by atoms with Crippen LogP contribution < -0.4 is 10.5 Å². The van der Waals surface area contributed by atoms with Gasteiger partial charge in [-0.25, -0.2) is 4.39 Å². The molecule has 1 unspecified atom stereocenters. The van der Waals surface area contributed by atoms with Gasteiger partial charge in [0.15, 0.2) is 0 Å². The summed E-state index contributed by atoms with van der Waals surface area (Å²) in [7, 11) is 1.57. The Morgan fingerprint density at radius 2 is 2.31 bits per heavy atom. The molecular weight excluding hydrogens is 237 g/mol. The van der Waals surface area contributed by atoms with Gasteiger partial charge in [0.1, 0.15) is 11.9 Å². The van der Waals surface area contributed by atoms with E-state index in [-0.39, 0.29) is 6.54 Å². The molecule has 1 aromatic rings. The standard InChI is InChI=1S/C9H11BrFNO/c1-13-6-2-3-7(8(10)4-6)9(11)5-12/h2-4,9H,5,12H2,1H3. The fourth-order valence-corrected chi connectivity index (χ4v) is 1.62. The van der Waals surface area contributed by atoms with Crippen molar-refractivity contribution < 1.29 is 9.13 Å². The molecule has 1 atom stereocenters. The molecule has 13 heavy (non-hydrogen) atoms. The Balaban J connectivity index is 2.98. The zero-order chi connectivity index (χ0) is 9.84. The molecular formula is C9H11BrFNO. The topological polar surface area (TPSA) is 35.2 Å². The van der Waals surface area contributed by atoms with Crippen LogP contribution in [0, 0.1) is 0 Å². The number of benzene rings is 1. The van der Waals surface area contributed by atoms with Crippen molar-refractivity contribution in [2.45, 2.75) is 6.17 Å². The van der Waals surface area contributed by atoms with E-state index < -0.39 is 6.17 Å². The Morgan fingerprint density at radius 1 is 1.62 bits per heavy atom. The number of hydrogen-bond donors (Lipinski definition) is 1. The fraction of sp³-hybridized carbons (Fsp3) is 0.333. The molecule has 1 rings (SSSR count). The summed E-state index contributed by atoms with van der Waals surface area (Å²) in [5.41, 5.74) is 5.78. The SMILES string of the molecule is COc1ccc(C(F)CN)c(Br)c1. The van der Waals surface area contributed by atoms with Crippen LogP contribution in [0.5, 0.6) is 5.75 Å². The van der Waals surface area contributed by atoms with Crippen LogP contribution in [-0.4, -0.2) is 13.7 Å². The van der Waals surface area contributed by atoms with Crippen molar-refractivity contribution in [3.05, 3.63) is 28.2 Å². The van der Waals surface area contributed by atoms with Crippen molar-refractivity contribution in [1.82, 2.24) is 0 Å². The van der Waals surface area contributed by atoms with Crippen molar-refractivity contribution in [1.29, 1.82) is 0 Å². The number of halogens is 2. The van der Waals surface area contributed by atoms with Crippen molar-refractivity contribution in [3.8, 4) is 5.75 Å². The molecule has 0 aliphatic carbocycles. The van der Waals surface area contributed by atoms with Gasteiger partial charge < -0.3 is 10.5 Å². The summed E-state index contributed by atoms with van der Waals surface area (Å²) in [5.74, 6) is 0.694. The van der Waals surface area contributed by atoms with E-state index in [1.165, 1.54) is 0 Å². The van der Waals surface area contributed by atoms with E-state index in [1.54, 1.807) is 25.3 Å². The van der Waals surface area contributed by atoms with E-state index in [1.807, 2.05) is 0 Å². The van der Waals surface area contributed by atoms with Crippen LogP contribution in [0.25, 0.3) is 0 Å². The zero-order valence-electron chi connectivity index (χ0n) is 7.26. The lowest BCUT2D eigenvalue weighted by Gasteiger charge is -2.09. The maximum absolute atomic E-state index is 13.2. The minimum absolute atomic E-state index is 0.00900. The van der Waals surface area contributed by atoms with Crippen LogP contribution in [0.4, 0.5) is 4.39 Å².